The summed E-state index contributed by atoms with van der Waals surface area (Å²) in [6, 6.07) is 1.16. The van der Waals surface area contributed by atoms with Gasteiger partial charge in [-0.2, -0.15) is 18.4 Å². The number of rotatable bonds is 2. The van der Waals surface area contributed by atoms with E-state index in [1.165, 1.54) is 0 Å². The Morgan fingerprint density at radius 1 is 1.41 bits per heavy atom. The number of alkyl halides is 5. The highest BCUT2D eigenvalue weighted by molar-refractivity contribution is 5.43. The molecule has 0 aliphatic heterocycles. The molecule has 0 unspecified atom stereocenters. The molecule has 1 aromatic rings. The summed E-state index contributed by atoms with van der Waals surface area (Å²) in [7, 11) is 0. The maximum Gasteiger partial charge on any atom is 0.419 e. The first kappa shape index (κ1) is 13.3. The summed E-state index contributed by atoms with van der Waals surface area (Å²) in [5.74, 6) is 0. The van der Waals surface area contributed by atoms with Crippen LogP contribution in [0.1, 0.15) is 28.8 Å². The van der Waals surface area contributed by atoms with Gasteiger partial charge in [0.1, 0.15) is 6.07 Å². The molecule has 0 aliphatic carbocycles. The number of pyridine rings is 1. The quantitative estimate of drug-likeness (QED) is 0.822. The summed E-state index contributed by atoms with van der Waals surface area (Å²) in [6.45, 7) is -1.24. The van der Waals surface area contributed by atoms with Gasteiger partial charge >= 0.3 is 6.18 Å². The van der Waals surface area contributed by atoms with Crippen molar-refractivity contribution in [1.29, 1.82) is 5.26 Å². The Bertz CT molecular complexity index is 464. The van der Waals surface area contributed by atoms with Crippen molar-refractivity contribution in [2.45, 2.75) is 19.2 Å². The van der Waals surface area contributed by atoms with E-state index >= 15 is 0 Å². The molecule has 0 bridgehead atoms. The summed E-state index contributed by atoms with van der Waals surface area (Å²) < 4.78 is 62.6. The van der Waals surface area contributed by atoms with Crippen LogP contribution in [0.25, 0.3) is 0 Å². The summed E-state index contributed by atoms with van der Waals surface area (Å²) in [4.78, 5) is 3.02. The number of aromatic nitrogens is 1. The Labute approximate surface area is 92.1 Å². The van der Waals surface area contributed by atoms with Crippen LogP contribution >= 0.6 is 0 Å². The highest BCUT2D eigenvalue weighted by Crippen LogP contribution is 2.37. The summed E-state index contributed by atoms with van der Waals surface area (Å²) >= 11 is 0. The van der Waals surface area contributed by atoms with Crippen molar-refractivity contribution in [3.8, 4) is 6.07 Å². The third-order valence-electron chi connectivity index (χ3n) is 2.00. The molecule has 0 saturated carbocycles. The minimum Gasteiger partial charge on any atom is -0.392 e. The molecule has 0 amide bonds. The maximum absolute atomic E-state index is 12.6. The van der Waals surface area contributed by atoms with Crippen LogP contribution in [0.4, 0.5) is 22.0 Å². The Hall–Kier alpha value is -1.75. The first-order chi connectivity index (χ1) is 7.82. The van der Waals surface area contributed by atoms with Crippen molar-refractivity contribution in [2.24, 2.45) is 0 Å². The number of nitrogens with zero attached hydrogens (tertiary/aromatic N) is 2. The lowest BCUT2D eigenvalue weighted by Crippen LogP contribution is -2.15. The van der Waals surface area contributed by atoms with Crippen molar-refractivity contribution < 1.29 is 27.1 Å². The molecule has 1 rings (SSSR count). The minimum atomic E-state index is -5.03. The number of aliphatic hydroxyl groups is 1. The summed E-state index contributed by atoms with van der Waals surface area (Å²) in [5.41, 5.74) is -4.69. The Kier molecular flexibility index (Phi) is 3.63. The van der Waals surface area contributed by atoms with E-state index in [1.807, 2.05) is 0 Å². The van der Waals surface area contributed by atoms with E-state index in [0.29, 0.717) is 6.20 Å². The number of hydrogen-bond donors (Lipinski definition) is 1. The molecule has 0 aromatic carbocycles. The summed E-state index contributed by atoms with van der Waals surface area (Å²) in [5, 5.41) is 17.2. The van der Waals surface area contributed by atoms with Gasteiger partial charge in [0.2, 0.25) is 0 Å². The largest absolute Gasteiger partial charge is 0.419 e. The number of nitriles is 1. The fourth-order valence-corrected chi connectivity index (χ4v) is 1.31. The SMILES string of the molecule is N#Cc1ncc(C(F)F)c(CO)c1C(F)(F)F. The van der Waals surface area contributed by atoms with Gasteiger partial charge in [-0.05, 0) is 0 Å². The zero-order valence-corrected chi connectivity index (χ0v) is 8.09. The molecule has 17 heavy (non-hydrogen) atoms. The number of hydrogen-bond acceptors (Lipinski definition) is 3. The molecule has 0 saturated heterocycles. The highest BCUT2D eigenvalue weighted by Gasteiger charge is 2.39. The molecule has 92 valence electrons. The van der Waals surface area contributed by atoms with E-state index in [1.54, 1.807) is 0 Å². The minimum absolute atomic E-state index is 0.462. The van der Waals surface area contributed by atoms with E-state index in [4.69, 9.17) is 10.4 Å². The second-order valence-electron chi connectivity index (χ2n) is 2.98. The van der Waals surface area contributed by atoms with Gasteiger partial charge in [-0.1, -0.05) is 0 Å². The van der Waals surface area contributed by atoms with Crippen LogP contribution in [-0.2, 0) is 12.8 Å². The van der Waals surface area contributed by atoms with Gasteiger partial charge in [-0.3, -0.25) is 0 Å². The van der Waals surface area contributed by atoms with E-state index in [-0.39, 0.29) is 0 Å². The lowest BCUT2D eigenvalue weighted by atomic mass is 10.0. The summed E-state index contributed by atoms with van der Waals surface area (Å²) in [6.07, 6.45) is -7.77. The van der Waals surface area contributed by atoms with Crippen LogP contribution < -0.4 is 0 Å². The fraction of sp³-hybridized carbons (Fsp3) is 0.333. The number of halogens is 5. The standard InChI is InChI=1S/C9H5F5N2O/c10-8(11)4-2-16-6(1-15)7(5(4)3-17)9(12,13)14/h2,8,17H,3H2. The Morgan fingerprint density at radius 3 is 2.35 bits per heavy atom. The first-order valence-electron chi connectivity index (χ1n) is 4.21. The van der Waals surface area contributed by atoms with Crippen LogP contribution in [0.2, 0.25) is 0 Å². The molecule has 1 aromatic heterocycles. The Balaban J connectivity index is 3.63. The van der Waals surface area contributed by atoms with Crippen molar-refractivity contribution in [1.82, 2.24) is 4.98 Å². The lowest BCUT2D eigenvalue weighted by Gasteiger charge is -2.15. The fourth-order valence-electron chi connectivity index (χ4n) is 1.31. The molecule has 0 fully saturated rings. The Morgan fingerprint density at radius 2 is 2.00 bits per heavy atom. The second-order valence-corrected chi connectivity index (χ2v) is 2.98. The molecule has 1 heterocycles. The third-order valence-corrected chi connectivity index (χ3v) is 2.00. The topological polar surface area (TPSA) is 56.9 Å². The third kappa shape index (κ3) is 2.50. The van der Waals surface area contributed by atoms with Crippen molar-refractivity contribution in [2.75, 3.05) is 0 Å². The molecule has 0 radical (unpaired) electrons. The second kappa shape index (κ2) is 4.63. The highest BCUT2D eigenvalue weighted by atomic mass is 19.4. The van der Waals surface area contributed by atoms with E-state index < -0.39 is 41.6 Å². The van der Waals surface area contributed by atoms with E-state index in [2.05, 4.69) is 4.98 Å². The van der Waals surface area contributed by atoms with Crippen LogP contribution in [0.5, 0.6) is 0 Å². The monoisotopic (exact) mass is 252 g/mol. The normalized spacial score (nSPS) is 11.6. The predicted octanol–water partition coefficient (Wildman–Crippen LogP) is 2.40. The zero-order chi connectivity index (χ0) is 13.2. The lowest BCUT2D eigenvalue weighted by molar-refractivity contribution is -0.139. The molecule has 3 nitrogen and oxygen atoms in total. The van der Waals surface area contributed by atoms with E-state index in [0.717, 1.165) is 6.07 Å². The van der Waals surface area contributed by atoms with Crippen LogP contribution in [0, 0.1) is 11.3 Å². The molecular weight excluding hydrogens is 247 g/mol. The van der Waals surface area contributed by atoms with Crippen molar-refractivity contribution in [3.63, 3.8) is 0 Å². The van der Waals surface area contributed by atoms with Crippen molar-refractivity contribution >= 4 is 0 Å². The van der Waals surface area contributed by atoms with Crippen LogP contribution in [0.3, 0.4) is 0 Å². The number of aliphatic hydroxyl groups excluding tert-OH is 1. The average Bonchev–Trinajstić information content (AvgIpc) is 2.25. The smallest absolute Gasteiger partial charge is 0.392 e. The van der Waals surface area contributed by atoms with Crippen LogP contribution in [-0.4, -0.2) is 10.1 Å². The molecular formula is C9H5F5N2O. The van der Waals surface area contributed by atoms with Gasteiger partial charge in [0.25, 0.3) is 6.43 Å². The molecule has 0 spiro atoms. The molecule has 0 aliphatic rings. The van der Waals surface area contributed by atoms with Gasteiger partial charge < -0.3 is 5.11 Å². The first-order valence-corrected chi connectivity index (χ1v) is 4.21. The predicted molar refractivity (Wildman–Crippen MR) is 44.8 cm³/mol. The van der Waals surface area contributed by atoms with Crippen molar-refractivity contribution in [3.05, 3.63) is 28.6 Å². The van der Waals surface area contributed by atoms with Gasteiger partial charge in [0.05, 0.1) is 12.2 Å². The molecule has 8 heteroatoms. The van der Waals surface area contributed by atoms with Crippen LogP contribution in [0.15, 0.2) is 6.20 Å². The zero-order valence-electron chi connectivity index (χ0n) is 8.09. The van der Waals surface area contributed by atoms with Gasteiger partial charge in [-0.25, -0.2) is 13.8 Å². The van der Waals surface area contributed by atoms with E-state index in [9.17, 15) is 22.0 Å². The maximum atomic E-state index is 12.6. The van der Waals surface area contributed by atoms with Gasteiger partial charge in [-0.15, -0.1) is 0 Å². The van der Waals surface area contributed by atoms with Gasteiger partial charge in [0, 0.05) is 17.3 Å². The van der Waals surface area contributed by atoms with Gasteiger partial charge in [0.15, 0.2) is 5.69 Å². The molecule has 1 N–H and O–H groups in total. The average molecular weight is 252 g/mol. The molecule has 0 atom stereocenters.